The second-order valence-corrected chi connectivity index (χ2v) is 10.6. The minimum Gasteiger partial charge on any atom is -0.316 e. The van der Waals surface area contributed by atoms with Crippen molar-refractivity contribution in [3.05, 3.63) is 158 Å². The molecule has 43 heavy (non-hydrogen) atoms. The molecule has 0 bridgehead atoms. The van der Waals surface area contributed by atoms with Gasteiger partial charge in [-0.25, -0.2) is 9.97 Å². The maximum Gasteiger partial charge on any atom is 0.160 e. The average Bonchev–Trinajstić information content (AvgIpc) is 3.50. The normalized spacial score (nSPS) is 11.3. The topological polar surface area (TPSA) is 43.6 Å². The van der Waals surface area contributed by atoms with Gasteiger partial charge in [0, 0.05) is 51.9 Å². The molecule has 0 fully saturated rings. The number of aromatic nitrogens is 4. The molecule has 3 heterocycles. The van der Waals surface area contributed by atoms with Crippen LogP contribution in [-0.2, 0) is 0 Å². The number of pyridine rings is 1. The summed E-state index contributed by atoms with van der Waals surface area (Å²) < 4.78 is 2.26. The fourth-order valence-electron chi connectivity index (χ4n) is 5.86. The van der Waals surface area contributed by atoms with Crippen LogP contribution in [0.1, 0.15) is 0 Å². The molecule has 4 nitrogen and oxygen atoms in total. The lowest BCUT2D eigenvalue weighted by molar-refractivity contribution is 1.11. The lowest BCUT2D eigenvalue weighted by atomic mass is 9.97. The molecule has 0 radical (unpaired) electrons. The summed E-state index contributed by atoms with van der Waals surface area (Å²) in [6, 6.07) is 48.4. The molecule has 0 atom stereocenters. The van der Waals surface area contributed by atoms with Crippen LogP contribution in [0.3, 0.4) is 0 Å². The molecule has 0 spiro atoms. The van der Waals surface area contributed by atoms with Crippen LogP contribution in [0.4, 0.5) is 0 Å². The van der Waals surface area contributed by atoms with E-state index < -0.39 is 0 Å². The molecular weight excluding hydrogens is 524 g/mol. The third-order valence-electron chi connectivity index (χ3n) is 7.93. The molecule has 4 heteroatoms. The first-order valence-corrected chi connectivity index (χ1v) is 14.4. The van der Waals surface area contributed by atoms with Crippen molar-refractivity contribution in [2.75, 3.05) is 0 Å². The van der Waals surface area contributed by atoms with Crippen LogP contribution in [0.15, 0.2) is 158 Å². The Morgan fingerprint density at radius 1 is 0.488 bits per heavy atom. The number of benzene rings is 5. The summed E-state index contributed by atoms with van der Waals surface area (Å²) in [6.45, 7) is 0. The van der Waals surface area contributed by atoms with Gasteiger partial charge in [0.25, 0.3) is 0 Å². The van der Waals surface area contributed by atoms with Gasteiger partial charge >= 0.3 is 0 Å². The predicted molar refractivity (Wildman–Crippen MR) is 176 cm³/mol. The zero-order valence-electron chi connectivity index (χ0n) is 23.3. The molecule has 0 saturated heterocycles. The van der Waals surface area contributed by atoms with Crippen molar-refractivity contribution in [3.8, 4) is 50.7 Å². The molecule has 0 aliphatic rings. The molecule has 0 aliphatic heterocycles. The van der Waals surface area contributed by atoms with E-state index in [0.29, 0.717) is 5.82 Å². The lowest BCUT2D eigenvalue weighted by Crippen LogP contribution is -1.96. The van der Waals surface area contributed by atoms with Crippen LogP contribution in [0, 0.1) is 0 Å². The van der Waals surface area contributed by atoms with E-state index in [1.807, 2.05) is 60.9 Å². The summed E-state index contributed by atoms with van der Waals surface area (Å²) in [7, 11) is 0. The highest BCUT2D eigenvalue weighted by Crippen LogP contribution is 2.39. The molecule has 3 aromatic heterocycles. The van der Waals surface area contributed by atoms with Crippen molar-refractivity contribution < 1.29 is 0 Å². The van der Waals surface area contributed by atoms with Crippen molar-refractivity contribution in [3.63, 3.8) is 0 Å². The van der Waals surface area contributed by atoms with Crippen LogP contribution in [0.25, 0.3) is 72.4 Å². The number of fused-ring (bicyclic) bond motifs is 3. The van der Waals surface area contributed by atoms with Gasteiger partial charge in [-0.2, -0.15) is 0 Å². The zero-order chi connectivity index (χ0) is 28.6. The van der Waals surface area contributed by atoms with E-state index in [1.165, 1.54) is 21.7 Å². The Kier molecular flexibility index (Phi) is 6.08. The van der Waals surface area contributed by atoms with Gasteiger partial charge < -0.3 is 4.57 Å². The monoisotopic (exact) mass is 550 g/mol. The average molecular weight is 551 g/mol. The minimum absolute atomic E-state index is 0.711. The van der Waals surface area contributed by atoms with Gasteiger partial charge in [-0.1, -0.05) is 109 Å². The minimum atomic E-state index is 0.711. The summed E-state index contributed by atoms with van der Waals surface area (Å²) in [5, 5.41) is 3.67. The molecule has 8 rings (SSSR count). The van der Waals surface area contributed by atoms with Gasteiger partial charge in [0.05, 0.1) is 16.9 Å². The van der Waals surface area contributed by atoms with Gasteiger partial charge in [0.1, 0.15) is 0 Å². The Morgan fingerprint density at radius 3 is 1.93 bits per heavy atom. The lowest BCUT2D eigenvalue weighted by Gasteiger charge is -2.10. The second-order valence-electron chi connectivity index (χ2n) is 10.6. The van der Waals surface area contributed by atoms with E-state index in [0.717, 1.165) is 44.8 Å². The zero-order valence-corrected chi connectivity index (χ0v) is 23.3. The molecule has 0 saturated carbocycles. The maximum atomic E-state index is 5.08. The molecule has 202 valence electrons. The van der Waals surface area contributed by atoms with Gasteiger partial charge in [-0.15, -0.1) is 0 Å². The van der Waals surface area contributed by atoms with Crippen LogP contribution in [0.2, 0.25) is 0 Å². The third-order valence-corrected chi connectivity index (χ3v) is 7.93. The Bertz CT molecular complexity index is 2160. The summed E-state index contributed by atoms with van der Waals surface area (Å²) in [6.07, 6.45) is 5.93. The number of hydrogen-bond donors (Lipinski definition) is 0. The van der Waals surface area contributed by atoms with Crippen LogP contribution < -0.4 is 0 Å². The van der Waals surface area contributed by atoms with Crippen LogP contribution in [0.5, 0.6) is 0 Å². The van der Waals surface area contributed by atoms with E-state index in [4.69, 9.17) is 9.97 Å². The highest BCUT2D eigenvalue weighted by Gasteiger charge is 2.16. The fraction of sp³-hybridized carbons (Fsp3) is 0. The predicted octanol–water partition coefficient (Wildman–Crippen LogP) is 9.64. The van der Waals surface area contributed by atoms with E-state index in [9.17, 15) is 0 Å². The van der Waals surface area contributed by atoms with E-state index >= 15 is 0 Å². The number of rotatable bonds is 5. The molecule has 8 aromatic rings. The summed E-state index contributed by atoms with van der Waals surface area (Å²) >= 11 is 0. The first-order valence-electron chi connectivity index (χ1n) is 14.4. The molecule has 0 unspecified atom stereocenters. The molecule has 5 aromatic carbocycles. The Balaban J connectivity index is 1.34. The largest absolute Gasteiger partial charge is 0.316 e. The Hall–Kier alpha value is -5.87. The van der Waals surface area contributed by atoms with E-state index in [-0.39, 0.29) is 0 Å². The van der Waals surface area contributed by atoms with Crippen LogP contribution in [-0.4, -0.2) is 19.5 Å². The standard InChI is InChI=1S/C39H26N4/c1-3-11-28(12-4-1)35-25-36(42-39(41-35)29-13-5-2-6-14-29)31-16-9-15-30(24-31)34-26-43(32-20-22-40-23-21-32)37-19-18-27-10-7-8-17-33(27)38(34)37/h1-26H. The summed E-state index contributed by atoms with van der Waals surface area (Å²) in [5.41, 5.74) is 9.42. The summed E-state index contributed by atoms with van der Waals surface area (Å²) in [4.78, 5) is 14.3. The highest BCUT2D eigenvalue weighted by atomic mass is 15.0. The Labute approximate surface area is 249 Å². The summed E-state index contributed by atoms with van der Waals surface area (Å²) in [5.74, 6) is 0.711. The highest BCUT2D eigenvalue weighted by molar-refractivity contribution is 6.14. The molecule has 0 aliphatic carbocycles. The van der Waals surface area contributed by atoms with E-state index in [2.05, 4.69) is 107 Å². The van der Waals surface area contributed by atoms with E-state index in [1.54, 1.807) is 0 Å². The van der Waals surface area contributed by atoms with Gasteiger partial charge in [0.15, 0.2) is 5.82 Å². The Morgan fingerprint density at radius 2 is 1.14 bits per heavy atom. The third kappa shape index (κ3) is 4.55. The quantitative estimate of drug-likeness (QED) is 0.214. The van der Waals surface area contributed by atoms with Crippen molar-refractivity contribution in [1.82, 2.24) is 19.5 Å². The first kappa shape index (κ1) is 24.9. The van der Waals surface area contributed by atoms with Gasteiger partial charge in [-0.05, 0) is 46.7 Å². The first-order chi connectivity index (χ1) is 21.3. The van der Waals surface area contributed by atoms with Crippen molar-refractivity contribution in [2.45, 2.75) is 0 Å². The molecular formula is C39H26N4. The second kappa shape index (κ2) is 10.5. The molecule has 0 N–H and O–H groups in total. The molecule has 0 amide bonds. The smallest absolute Gasteiger partial charge is 0.160 e. The number of nitrogens with zero attached hydrogens (tertiary/aromatic N) is 4. The SMILES string of the molecule is c1ccc(-c2cc(-c3cccc(-c4cn(-c5ccncc5)c5ccc6ccccc6c45)c3)nc(-c3ccccc3)n2)cc1. The van der Waals surface area contributed by atoms with Crippen molar-refractivity contribution in [1.29, 1.82) is 0 Å². The van der Waals surface area contributed by atoms with Crippen molar-refractivity contribution >= 4 is 21.7 Å². The van der Waals surface area contributed by atoms with Gasteiger partial charge in [0.2, 0.25) is 0 Å². The van der Waals surface area contributed by atoms with Crippen molar-refractivity contribution in [2.24, 2.45) is 0 Å². The fourth-order valence-corrected chi connectivity index (χ4v) is 5.86. The van der Waals surface area contributed by atoms with Gasteiger partial charge in [-0.3, -0.25) is 4.98 Å². The maximum absolute atomic E-state index is 5.08. The number of hydrogen-bond acceptors (Lipinski definition) is 3. The van der Waals surface area contributed by atoms with Crippen LogP contribution >= 0.6 is 0 Å².